The molecular weight excluding hydrogens is 497 g/mol. The first-order valence-corrected chi connectivity index (χ1v) is 12.1. The highest BCUT2D eigenvalue weighted by Crippen LogP contribution is 2.49. The summed E-state index contributed by atoms with van der Waals surface area (Å²) < 4.78 is 21.6. The molecule has 0 radical (unpaired) electrons. The summed E-state index contributed by atoms with van der Waals surface area (Å²) in [5.41, 5.74) is 2.15. The first kappa shape index (κ1) is 24.5. The molecule has 1 aliphatic rings. The van der Waals surface area contributed by atoms with Crippen molar-refractivity contribution in [2.45, 2.75) is 31.3 Å². The molecule has 1 aliphatic carbocycles. The Morgan fingerprint density at radius 1 is 1.11 bits per heavy atom. The van der Waals surface area contributed by atoms with Gasteiger partial charge in [0.25, 0.3) is 0 Å². The van der Waals surface area contributed by atoms with Crippen molar-refractivity contribution >= 4 is 29.5 Å². The van der Waals surface area contributed by atoms with E-state index in [1.807, 2.05) is 30.3 Å². The molecule has 0 bridgehead atoms. The van der Waals surface area contributed by atoms with Gasteiger partial charge in [-0.3, -0.25) is 10.1 Å². The summed E-state index contributed by atoms with van der Waals surface area (Å²) in [4.78, 5) is 24.7. The van der Waals surface area contributed by atoms with E-state index >= 15 is 0 Å². The van der Waals surface area contributed by atoms with E-state index in [0.717, 1.165) is 11.8 Å². The van der Waals surface area contributed by atoms with Gasteiger partial charge in [0.15, 0.2) is 11.6 Å². The number of hydrogen-bond donors (Lipinski definition) is 2. The Hall–Kier alpha value is -4.17. The maximum atomic E-state index is 14.9. The van der Waals surface area contributed by atoms with Gasteiger partial charge >= 0.3 is 12.1 Å². The largest absolute Gasteiger partial charge is 0.481 e. The lowest BCUT2D eigenvalue weighted by atomic mass is 9.92. The molecule has 1 unspecified atom stereocenters. The minimum absolute atomic E-state index is 0.231. The molecule has 1 heterocycles. The molecule has 7 nitrogen and oxygen atoms in total. The SMILES string of the molecule is CC(OC(=O)Nc1c(F)cnn1-c1cc(C2(C(=O)O)CC2)ccc1-c1ccccc1)c1ccccc1Cl. The Morgan fingerprint density at radius 3 is 2.49 bits per heavy atom. The summed E-state index contributed by atoms with van der Waals surface area (Å²) in [6, 6.07) is 21.6. The zero-order valence-electron chi connectivity index (χ0n) is 19.8. The lowest BCUT2D eigenvalue weighted by molar-refractivity contribution is -0.140. The van der Waals surface area contributed by atoms with E-state index in [1.165, 1.54) is 4.68 Å². The molecule has 1 fully saturated rings. The highest BCUT2D eigenvalue weighted by atomic mass is 35.5. The van der Waals surface area contributed by atoms with Gasteiger partial charge < -0.3 is 9.84 Å². The number of amides is 1. The third kappa shape index (κ3) is 4.68. The van der Waals surface area contributed by atoms with Crippen molar-refractivity contribution in [2.75, 3.05) is 5.32 Å². The number of benzene rings is 3. The molecule has 0 aliphatic heterocycles. The van der Waals surface area contributed by atoms with Crippen LogP contribution in [-0.2, 0) is 14.9 Å². The Labute approximate surface area is 217 Å². The van der Waals surface area contributed by atoms with Crippen LogP contribution in [0.5, 0.6) is 0 Å². The lowest BCUT2D eigenvalue weighted by Crippen LogP contribution is -2.21. The van der Waals surface area contributed by atoms with Crippen LogP contribution in [0.1, 0.15) is 37.0 Å². The predicted octanol–water partition coefficient (Wildman–Crippen LogP) is 6.76. The van der Waals surface area contributed by atoms with Crippen LogP contribution in [0.3, 0.4) is 0 Å². The third-order valence-corrected chi connectivity index (χ3v) is 6.94. The van der Waals surface area contributed by atoms with Crippen LogP contribution in [0.15, 0.2) is 79.0 Å². The summed E-state index contributed by atoms with van der Waals surface area (Å²) in [6.07, 6.45) is 0.420. The molecule has 37 heavy (non-hydrogen) atoms. The molecule has 1 atom stereocenters. The van der Waals surface area contributed by atoms with Gasteiger partial charge in [-0.15, -0.1) is 0 Å². The summed E-state index contributed by atoms with van der Waals surface area (Å²) in [5, 5.41) is 16.9. The zero-order valence-corrected chi connectivity index (χ0v) is 20.6. The highest BCUT2D eigenvalue weighted by molar-refractivity contribution is 6.31. The van der Waals surface area contributed by atoms with Crippen molar-refractivity contribution in [3.05, 3.63) is 101 Å². The Balaban J connectivity index is 1.52. The molecular formula is C28H23ClFN3O4. The average molecular weight is 520 g/mol. The first-order valence-electron chi connectivity index (χ1n) is 11.7. The molecule has 2 N–H and O–H groups in total. The van der Waals surface area contributed by atoms with Crippen LogP contribution < -0.4 is 5.32 Å². The summed E-state index contributed by atoms with van der Waals surface area (Å²) in [6.45, 7) is 1.66. The second kappa shape index (κ2) is 9.71. The van der Waals surface area contributed by atoms with Crippen molar-refractivity contribution in [2.24, 2.45) is 0 Å². The number of hydrogen-bond acceptors (Lipinski definition) is 4. The van der Waals surface area contributed by atoms with Crippen LogP contribution in [-0.4, -0.2) is 26.9 Å². The van der Waals surface area contributed by atoms with Crippen molar-refractivity contribution in [1.82, 2.24) is 9.78 Å². The number of rotatable bonds is 7. The van der Waals surface area contributed by atoms with E-state index in [9.17, 15) is 19.1 Å². The standard InChI is InChI=1S/C28H23ClFN3O4/c1-17(20-9-5-6-10-22(20)29)37-27(36)32-25-23(30)16-31-33(25)24-15-19(28(13-14-28)26(34)35)11-12-21(24)18-7-3-2-4-8-18/h2-12,15-17H,13-14H2,1H3,(H,32,36)(H,34,35). The topological polar surface area (TPSA) is 93.5 Å². The van der Waals surface area contributed by atoms with Gasteiger partial charge in [-0.2, -0.15) is 5.10 Å². The van der Waals surface area contributed by atoms with E-state index in [4.69, 9.17) is 16.3 Å². The van der Waals surface area contributed by atoms with Gasteiger partial charge in [-0.25, -0.2) is 13.9 Å². The van der Waals surface area contributed by atoms with Crippen molar-refractivity contribution in [3.8, 4) is 16.8 Å². The van der Waals surface area contributed by atoms with Crippen LogP contribution in [0.2, 0.25) is 5.02 Å². The van der Waals surface area contributed by atoms with Gasteiger partial charge in [0.05, 0.1) is 17.3 Å². The van der Waals surface area contributed by atoms with Gasteiger partial charge in [0.2, 0.25) is 0 Å². The number of carboxylic acids is 1. The smallest absolute Gasteiger partial charge is 0.413 e. The normalized spacial score (nSPS) is 14.6. The number of anilines is 1. The maximum Gasteiger partial charge on any atom is 0.413 e. The number of carbonyl (C=O) groups is 2. The number of carboxylic acid groups (broad SMARTS) is 1. The fourth-order valence-electron chi connectivity index (χ4n) is 4.40. The Bertz CT molecular complexity index is 1480. The molecule has 1 aromatic heterocycles. The number of nitrogens with one attached hydrogen (secondary N) is 1. The minimum Gasteiger partial charge on any atom is -0.481 e. The second-order valence-electron chi connectivity index (χ2n) is 8.93. The minimum atomic E-state index is -0.980. The van der Waals surface area contributed by atoms with Crippen LogP contribution in [0.25, 0.3) is 16.8 Å². The van der Waals surface area contributed by atoms with Gasteiger partial charge in [-0.1, -0.05) is 72.3 Å². The third-order valence-electron chi connectivity index (χ3n) is 6.59. The number of aromatic nitrogens is 2. The highest BCUT2D eigenvalue weighted by Gasteiger charge is 2.52. The quantitative estimate of drug-likeness (QED) is 0.281. The number of ether oxygens (including phenoxy) is 1. The summed E-state index contributed by atoms with van der Waals surface area (Å²) in [7, 11) is 0. The number of nitrogens with zero attached hydrogens (tertiary/aromatic N) is 2. The lowest BCUT2D eigenvalue weighted by Gasteiger charge is -2.18. The van der Waals surface area contributed by atoms with Gasteiger partial charge in [-0.05, 0) is 43.0 Å². The molecule has 5 rings (SSSR count). The maximum absolute atomic E-state index is 14.9. The van der Waals surface area contributed by atoms with Crippen molar-refractivity contribution < 1.29 is 23.8 Å². The molecule has 4 aromatic rings. The van der Waals surface area contributed by atoms with E-state index in [0.29, 0.717) is 40.2 Å². The van der Waals surface area contributed by atoms with Gasteiger partial charge in [0, 0.05) is 16.1 Å². The second-order valence-corrected chi connectivity index (χ2v) is 9.34. The number of aliphatic carboxylic acids is 1. The van der Waals surface area contributed by atoms with Crippen molar-refractivity contribution in [3.63, 3.8) is 0 Å². The van der Waals surface area contributed by atoms with Crippen LogP contribution >= 0.6 is 11.6 Å². The Kier molecular flexibility index (Phi) is 6.43. The average Bonchev–Trinajstić information content (AvgIpc) is 3.64. The molecule has 9 heteroatoms. The molecule has 1 saturated carbocycles. The van der Waals surface area contributed by atoms with E-state index in [2.05, 4.69) is 10.4 Å². The van der Waals surface area contributed by atoms with Gasteiger partial charge in [0.1, 0.15) is 6.10 Å². The van der Waals surface area contributed by atoms with Crippen molar-refractivity contribution in [1.29, 1.82) is 0 Å². The van der Waals surface area contributed by atoms with E-state index in [1.54, 1.807) is 49.4 Å². The monoisotopic (exact) mass is 519 g/mol. The number of halogens is 2. The summed E-state index contributed by atoms with van der Waals surface area (Å²) in [5.74, 6) is -1.91. The van der Waals surface area contributed by atoms with Crippen LogP contribution in [0.4, 0.5) is 15.0 Å². The van der Waals surface area contributed by atoms with E-state index in [-0.39, 0.29) is 5.82 Å². The predicted molar refractivity (Wildman–Crippen MR) is 137 cm³/mol. The Morgan fingerprint density at radius 2 is 1.81 bits per heavy atom. The van der Waals surface area contributed by atoms with E-state index < -0.39 is 29.4 Å². The molecule has 0 spiro atoms. The fourth-order valence-corrected chi connectivity index (χ4v) is 4.69. The van der Waals surface area contributed by atoms with Crippen LogP contribution in [0, 0.1) is 5.82 Å². The first-order chi connectivity index (χ1) is 17.8. The molecule has 3 aromatic carbocycles. The fraction of sp³-hybridized carbons (Fsp3) is 0.179. The molecule has 188 valence electrons. The number of carbonyl (C=O) groups excluding carboxylic acids is 1. The summed E-state index contributed by atoms with van der Waals surface area (Å²) >= 11 is 6.20. The zero-order chi connectivity index (χ0) is 26.2. The molecule has 1 amide bonds. The molecule has 0 saturated heterocycles.